The van der Waals surface area contributed by atoms with Gasteiger partial charge in [0.2, 0.25) is 0 Å². The van der Waals surface area contributed by atoms with E-state index < -0.39 is 12.2 Å². The minimum Gasteiger partial charge on any atom is -0.388 e. The normalized spacial score (nSPS) is 13.7. The maximum absolute atomic E-state index is 9.84. The van der Waals surface area contributed by atoms with Crippen molar-refractivity contribution in [3.63, 3.8) is 0 Å². The van der Waals surface area contributed by atoms with Crippen LogP contribution in [0.2, 0.25) is 0 Å². The Morgan fingerprint density at radius 2 is 1.00 bits per heavy atom. The second-order valence-electron chi connectivity index (χ2n) is 5.14. The summed E-state index contributed by atoms with van der Waals surface area (Å²) in [7, 11) is 0. The lowest BCUT2D eigenvalue weighted by molar-refractivity contribution is -0.0758. The van der Waals surface area contributed by atoms with Gasteiger partial charge in [0.15, 0.2) is 0 Å². The summed E-state index contributed by atoms with van der Waals surface area (Å²) < 4.78 is 10.8. The van der Waals surface area contributed by atoms with Gasteiger partial charge in [-0.15, -0.1) is 0 Å². The summed E-state index contributed by atoms with van der Waals surface area (Å²) in [5.74, 6) is 0. The molecule has 0 bridgehead atoms. The van der Waals surface area contributed by atoms with E-state index >= 15 is 0 Å². The molecule has 2 aromatic carbocycles. The zero-order chi connectivity index (χ0) is 15.6. The first-order valence-electron chi connectivity index (χ1n) is 7.35. The van der Waals surface area contributed by atoms with Crippen LogP contribution < -0.4 is 0 Å². The molecule has 0 aliphatic heterocycles. The lowest BCUT2D eigenvalue weighted by Crippen LogP contribution is -2.34. The molecule has 4 nitrogen and oxygen atoms in total. The van der Waals surface area contributed by atoms with Gasteiger partial charge < -0.3 is 19.7 Å². The molecule has 0 saturated carbocycles. The molecular formula is C18H22O4. The summed E-state index contributed by atoms with van der Waals surface area (Å²) in [5.41, 5.74) is 2.06. The summed E-state index contributed by atoms with van der Waals surface area (Å²) in [6.07, 6.45) is -1.92. The molecule has 0 saturated heterocycles. The summed E-state index contributed by atoms with van der Waals surface area (Å²) in [5, 5.41) is 19.7. The Balaban J connectivity index is 1.61. The third kappa shape index (κ3) is 5.95. The van der Waals surface area contributed by atoms with Crippen molar-refractivity contribution in [2.45, 2.75) is 25.4 Å². The molecule has 2 rings (SSSR count). The lowest BCUT2D eigenvalue weighted by Gasteiger charge is -2.18. The minimum absolute atomic E-state index is 0.0742. The van der Waals surface area contributed by atoms with Gasteiger partial charge in [-0.1, -0.05) is 60.7 Å². The Morgan fingerprint density at radius 3 is 1.36 bits per heavy atom. The summed E-state index contributed by atoms with van der Waals surface area (Å²) in [6, 6.07) is 19.4. The fourth-order valence-corrected chi connectivity index (χ4v) is 1.97. The smallest absolute Gasteiger partial charge is 0.105 e. The molecule has 0 aliphatic rings. The zero-order valence-corrected chi connectivity index (χ0v) is 12.5. The number of benzene rings is 2. The molecule has 0 heterocycles. The maximum Gasteiger partial charge on any atom is 0.105 e. The molecule has 0 aliphatic carbocycles. The average molecular weight is 302 g/mol. The Kier molecular flexibility index (Phi) is 7.06. The molecule has 22 heavy (non-hydrogen) atoms. The summed E-state index contributed by atoms with van der Waals surface area (Å²) >= 11 is 0. The van der Waals surface area contributed by atoms with Crippen LogP contribution in [-0.2, 0) is 22.7 Å². The van der Waals surface area contributed by atoms with Crippen LogP contribution in [-0.4, -0.2) is 35.6 Å². The van der Waals surface area contributed by atoms with Gasteiger partial charge in [0.05, 0.1) is 26.4 Å². The SMILES string of the molecule is OC(COCc1ccccc1)C(O)COCc1ccccc1. The van der Waals surface area contributed by atoms with Crippen LogP contribution in [0.3, 0.4) is 0 Å². The van der Waals surface area contributed by atoms with E-state index in [-0.39, 0.29) is 13.2 Å². The third-order valence-electron chi connectivity index (χ3n) is 3.24. The topological polar surface area (TPSA) is 58.9 Å². The molecule has 2 atom stereocenters. The average Bonchev–Trinajstić information content (AvgIpc) is 2.56. The van der Waals surface area contributed by atoms with Crippen LogP contribution in [0.25, 0.3) is 0 Å². The number of ether oxygens (including phenoxy) is 2. The van der Waals surface area contributed by atoms with Crippen molar-refractivity contribution in [3.05, 3.63) is 71.8 Å². The highest BCUT2D eigenvalue weighted by atomic mass is 16.5. The predicted molar refractivity (Wildman–Crippen MR) is 84.2 cm³/mol. The van der Waals surface area contributed by atoms with Crippen LogP contribution >= 0.6 is 0 Å². The third-order valence-corrected chi connectivity index (χ3v) is 3.24. The standard InChI is InChI=1S/C18H22O4/c19-17(13-21-11-15-7-3-1-4-8-15)18(20)14-22-12-16-9-5-2-6-10-16/h1-10,17-20H,11-14H2. The fraction of sp³-hybridized carbons (Fsp3) is 0.333. The monoisotopic (exact) mass is 302 g/mol. The molecular weight excluding hydrogens is 280 g/mol. The number of rotatable bonds is 9. The highest BCUT2D eigenvalue weighted by molar-refractivity contribution is 5.14. The molecule has 4 heteroatoms. The van der Waals surface area contributed by atoms with Gasteiger partial charge in [0.25, 0.3) is 0 Å². The van der Waals surface area contributed by atoms with Crippen molar-refractivity contribution < 1.29 is 19.7 Å². The molecule has 0 radical (unpaired) electrons. The highest BCUT2D eigenvalue weighted by Crippen LogP contribution is 2.05. The molecule has 2 N–H and O–H groups in total. The van der Waals surface area contributed by atoms with Crippen LogP contribution in [0.4, 0.5) is 0 Å². The molecule has 0 spiro atoms. The molecule has 0 aromatic heterocycles. The van der Waals surface area contributed by atoms with E-state index in [4.69, 9.17) is 9.47 Å². The molecule has 118 valence electrons. The van der Waals surface area contributed by atoms with Gasteiger partial charge in [-0.05, 0) is 11.1 Å². The van der Waals surface area contributed by atoms with E-state index in [1.54, 1.807) is 0 Å². The van der Waals surface area contributed by atoms with Crippen LogP contribution in [0, 0.1) is 0 Å². The van der Waals surface area contributed by atoms with Crippen LogP contribution in [0.5, 0.6) is 0 Å². The Bertz CT molecular complexity index is 466. The number of aliphatic hydroxyl groups excluding tert-OH is 2. The van der Waals surface area contributed by atoms with Crippen molar-refractivity contribution in [1.82, 2.24) is 0 Å². The van der Waals surface area contributed by atoms with E-state index in [1.165, 1.54) is 0 Å². The predicted octanol–water partition coefficient (Wildman–Crippen LogP) is 2.14. The first kappa shape index (κ1) is 16.6. The second kappa shape index (κ2) is 9.33. The number of hydrogen-bond donors (Lipinski definition) is 2. The van der Waals surface area contributed by atoms with Crippen LogP contribution in [0.15, 0.2) is 60.7 Å². The first-order valence-corrected chi connectivity index (χ1v) is 7.35. The van der Waals surface area contributed by atoms with Crippen molar-refractivity contribution >= 4 is 0 Å². The zero-order valence-electron chi connectivity index (χ0n) is 12.5. The highest BCUT2D eigenvalue weighted by Gasteiger charge is 2.16. The number of hydrogen-bond acceptors (Lipinski definition) is 4. The summed E-state index contributed by atoms with van der Waals surface area (Å²) in [4.78, 5) is 0. The van der Waals surface area contributed by atoms with Gasteiger partial charge in [-0.3, -0.25) is 0 Å². The quantitative estimate of drug-likeness (QED) is 0.745. The van der Waals surface area contributed by atoms with Crippen molar-refractivity contribution in [3.8, 4) is 0 Å². The van der Waals surface area contributed by atoms with Crippen molar-refractivity contribution in [1.29, 1.82) is 0 Å². The molecule has 0 fully saturated rings. The second-order valence-corrected chi connectivity index (χ2v) is 5.14. The Labute approximate surface area is 130 Å². The van der Waals surface area contributed by atoms with E-state index in [2.05, 4.69) is 0 Å². The Morgan fingerprint density at radius 1 is 0.636 bits per heavy atom. The molecule has 2 unspecified atom stereocenters. The largest absolute Gasteiger partial charge is 0.388 e. The summed E-state index contributed by atoms with van der Waals surface area (Å²) in [6.45, 7) is 0.973. The molecule has 2 aromatic rings. The Hall–Kier alpha value is -1.72. The van der Waals surface area contributed by atoms with E-state index in [0.29, 0.717) is 13.2 Å². The first-order chi connectivity index (χ1) is 10.8. The van der Waals surface area contributed by atoms with E-state index in [9.17, 15) is 10.2 Å². The number of aliphatic hydroxyl groups is 2. The van der Waals surface area contributed by atoms with Gasteiger partial charge >= 0.3 is 0 Å². The van der Waals surface area contributed by atoms with Gasteiger partial charge in [0, 0.05) is 0 Å². The van der Waals surface area contributed by atoms with Gasteiger partial charge in [-0.25, -0.2) is 0 Å². The van der Waals surface area contributed by atoms with E-state index in [0.717, 1.165) is 11.1 Å². The van der Waals surface area contributed by atoms with Gasteiger partial charge in [0.1, 0.15) is 12.2 Å². The van der Waals surface area contributed by atoms with Crippen LogP contribution in [0.1, 0.15) is 11.1 Å². The maximum atomic E-state index is 9.84. The van der Waals surface area contributed by atoms with Crippen molar-refractivity contribution in [2.24, 2.45) is 0 Å². The minimum atomic E-state index is -0.959. The van der Waals surface area contributed by atoms with E-state index in [1.807, 2.05) is 60.7 Å². The lowest BCUT2D eigenvalue weighted by atomic mass is 10.2. The van der Waals surface area contributed by atoms with Crippen molar-refractivity contribution in [2.75, 3.05) is 13.2 Å². The van der Waals surface area contributed by atoms with Gasteiger partial charge in [-0.2, -0.15) is 0 Å². The fourth-order valence-electron chi connectivity index (χ4n) is 1.97. The molecule has 0 amide bonds.